The van der Waals surface area contributed by atoms with E-state index in [1.807, 2.05) is 53.4 Å². The van der Waals surface area contributed by atoms with Crippen molar-refractivity contribution in [2.45, 2.75) is 13.1 Å². The van der Waals surface area contributed by atoms with Gasteiger partial charge in [-0.05, 0) is 29.7 Å². The maximum Gasteiger partial charge on any atom is 0.416 e. The van der Waals surface area contributed by atoms with Crippen LogP contribution >= 0.6 is 0 Å². The molecule has 144 valence electrons. The van der Waals surface area contributed by atoms with Gasteiger partial charge in [0.1, 0.15) is 0 Å². The van der Waals surface area contributed by atoms with E-state index in [1.165, 1.54) is 11.6 Å². The number of aryl methyl sites for hydroxylation is 1. The van der Waals surface area contributed by atoms with Gasteiger partial charge >= 0.3 is 6.18 Å². The SMILES string of the molecule is Cc1cccc(-[n+]2ccc(-c3cc[n+](-c4cccc(C(F)(F)F)c4)cc3)cc2)c1. The number of halogens is 3. The maximum atomic E-state index is 12.9. The van der Waals surface area contributed by atoms with Crippen LogP contribution in [0.5, 0.6) is 0 Å². The molecule has 0 aliphatic rings. The van der Waals surface area contributed by atoms with Crippen molar-refractivity contribution >= 4 is 0 Å². The molecule has 2 heterocycles. The zero-order chi connectivity index (χ0) is 20.4. The minimum absolute atomic E-state index is 0.469. The van der Waals surface area contributed by atoms with Crippen LogP contribution in [0.1, 0.15) is 11.1 Å². The van der Waals surface area contributed by atoms with Gasteiger partial charge in [-0.15, -0.1) is 0 Å². The van der Waals surface area contributed by atoms with Gasteiger partial charge in [-0.2, -0.15) is 22.3 Å². The van der Waals surface area contributed by atoms with E-state index in [2.05, 4.69) is 19.1 Å². The summed E-state index contributed by atoms with van der Waals surface area (Å²) >= 11 is 0. The van der Waals surface area contributed by atoms with E-state index in [4.69, 9.17) is 0 Å². The van der Waals surface area contributed by atoms with E-state index in [9.17, 15) is 13.2 Å². The second-order valence-electron chi connectivity index (χ2n) is 6.88. The van der Waals surface area contributed by atoms with Gasteiger partial charge in [0.05, 0.1) is 5.56 Å². The Hall–Kier alpha value is -3.47. The van der Waals surface area contributed by atoms with Crippen LogP contribution in [0, 0.1) is 6.92 Å². The number of nitrogens with zero attached hydrogens (tertiary/aromatic N) is 2. The molecule has 0 aliphatic carbocycles. The molecule has 4 rings (SSSR count). The van der Waals surface area contributed by atoms with Crippen molar-refractivity contribution in [1.29, 1.82) is 0 Å². The maximum absolute atomic E-state index is 12.9. The Labute approximate surface area is 167 Å². The summed E-state index contributed by atoms with van der Waals surface area (Å²) in [7, 11) is 0. The van der Waals surface area contributed by atoms with Crippen molar-refractivity contribution in [3.05, 3.63) is 109 Å². The number of alkyl halides is 3. The minimum atomic E-state index is -4.35. The highest BCUT2D eigenvalue weighted by Gasteiger charge is 2.31. The highest BCUT2D eigenvalue weighted by atomic mass is 19.4. The van der Waals surface area contributed by atoms with Crippen LogP contribution in [0.2, 0.25) is 0 Å². The summed E-state index contributed by atoms with van der Waals surface area (Å²) in [5, 5.41) is 0. The lowest BCUT2D eigenvalue weighted by atomic mass is 10.1. The molecule has 2 aromatic heterocycles. The van der Waals surface area contributed by atoms with Gasteiger partial charge in [0.15, 0.2) is 24.8 Å². The number of hydrogen-bond donors (Lipinski definition) is 0. The van der Waals surface area contributed by atoms with E-state index in [0.29, 0.717) is 5.69 Å². The zero-order valence-electron chi connectivity index (χ0n) is 15.8. The average molecular weight is 392 g/mol. The third kappa shape index (κ3) is 4.19. The van der Waals surface area contributed by atoms with E-state index in [0.717, 1.165) is 28.9 Å². The first-order chi connectivity index (χ1) is 13.9. The number of hydrogen-bond acceptors (Lipinski definition) is 0. The predicted molar refractivity (Wildman–Crippen MR) is 105 cm³/mol. The van der Waals surface area contributed by atoms with E-state index in [-0.39, 0.29) is 0 Å². The first-order valence-corrected chi connectivity index (χ1v) is 9.18. The lowest BCUT2D eigenvalue weighted by molar-refractivity contribution is -0.596. The molecule has 0 unspecified atom stereocenters. The minimum Gasteiger partial charge on any atom is -0.167 e. The topological polar surface area (TPSA) is 7.76 Å². The standard InChI is InChI=1S/C24H19F3N2/c1-18-4-2-6-22(16-18)28-12-8-19(9-13-28)20-10-14-29(15-11-20)23-7-3-5-21(17-23)24(25,26)27/h2-17H,1H3/q+2. The molecule has 0 atom stereocenters. The first-order valence-electron chi connectivity index (χ1n) is 9.18. The summed E-state index contributed by atoms with van der Waals surface area (Å²) in [6.07, 6.45) is 3.18. The number of aromatic nitrogens is 2. The number of rotatable bonds is 3. The summed E-state index contributed by atoms with van der Waals surface area (Å²) in [4.78, 5) is 0. The van der Waals surface area contributed by atoms with Crippen LogP contribution in [-0.4, -0.2) is 0 Å². The lowest BCUT2D eigenvalue weighted by Crippen LogP contribution is -2.30. The zero-order valence-corrected chi connectivity index (χ0v) is 15.8. The van der Waals surface area contributed by atoms with Crippen molar-refractivity contribution < 1.29 is 22.3 Å². The highest BCUT2D eigenvalue weighted by molar-refractivity contribution is 5.61. The average Bonchev–Trinajstić information content (AvgIpc) is 2.74. The van der Waals surface area contributed by atoms with Crippen molar-refractivity contribution in [3.63, 3.8) is 0 Å². The normalized spacial score (nSPS) is 11.4. The molecule has 0 aliphatic heterocycles. The molecule has 0 saturated carbocycles. The molecule has 29 heavy (non-hydrogen) atoms. The summed E-state index contributed by atoms with van der Waals surface area (Å²) in [5.74, 6) is 0. The van der Waals surface area contributed by atoms with Gasteiger partial charge in [0, 0.05) is 48.5 Å². The molecule has 5 heteroatoms. The van der Waals surface area contributed by atoms with Crippen LogP contribution in [0.15, 0.2) is 97.6 Å². The lowest BCUT2D eigenvalue weighted by Gasteiger charge is -2.06. The Bertz CT molecular complexity index is 1130. The molecular formula is C24H19F3N2+2. The fourth-order valence-electron chi connectivity index (χ4n) is 3.21. The van der Waals surface area contributed by atoms with Gasteiger partial charge in [-0.25, -0.2) is 0 Å². The van der Waals surface area contributed by atoms with E-state index < -0.39 is 11.7 Å². The van der Waals surface area contributed by atoms with Crippen molar-refractivity contribution in [1.82, 2.24) is 0 Å². The molecular weight excluding hydrogens is 373 g/mol. The molecule has 0 radical (unpaired) electrons. The quantitative estimate of drug-likeness (QED) is 0.422. The van der Waals surface area contributed by atoms with Gasteiger partial charge in [-0.3, -0.25) is 0 Å². The Morgan fingerprint density at radius 1 is 0.621 bits per heavy atom. The summed E-state index contributed by atoms with van der Waals surface area (Å²) in [5.41, 5.74) is 4.12. The Morgan fingerprint density at radius 2 is 1.10 bits per heavy atom. The third-order valence-corrected chi connectivity index (χ3v) is 4.76. The fraction of sp³-hybridized carbons (Fsp3) is 0.0833. The largest absolute Gasteiger partial charge is 0.416 e. The van der Waals surface area contributed by atoms with Gasteiger partial charge in [0.25, 0.3) is 0 Å². The van der Waals surface area contributed by atoms with Gasteiger partial charge in [-0.1, -0.05) is 18.2 Å². The molecule has 0 N–H and O–H groups in total. The Kier molecular flexibility index (Phi) is 4.89. The van der Waals surface area contributed by atoms with E-state index in [1.54, 1.807) is 23.0 Å². The summed E-state index contributed by atoms with van der Waals surface area (Å²) in [6.45, 7) is 2.06. The van der Waals surface area contributed by atoms with Crippen LogP contribution in [0.3, 0.4) is 0 Å². The molecule has 0 spiro atoms. The fourth-order valence-corrected chi connectivity index (χ4v) is 3.21. The predicted octanol–water partition coefficient (Wildman–Crippen LogP) is 5.23. The molecule has 0 fully saturated rings. The number of benzene rings is 2. The highest BCUT2D eigenvalue weighted by Crippen LogP contribution is 2.29. The van der Waals surface area contributed by atoms with E-state index >= 15 is 0 Å². The van der Waals surface area contributed by atoms with Crippen molar-refractivity contribution in [3.8, 4) is 22.5 Å². The Balaban J connectivity index is 1.58. The number of pyridine rings is 2. The molecule has 2 aromatic carbocycles. The van der Waals surface area contributed by atoms with Crippen molar-refractivity contribution in [2.75, 3.05) is 0 Å². The molecule has 4 aromatic rings. The smallest absolute Gasteiger partial charge is 0.167 e. The van der Waals surface area contributed by atoms with Crippen molar-refractivity contribution in [2.24, 2.45) is 0 Å². The second kappa shape index (κ2) is 7.51. The second-order valence-corrected chi connectivity index (χ2v) is 6.88. The van der Waals surface area contributed by atoms with Crippen LogP contribution in [0.25, 0.3) is 22.5 Å². The molecule has 0 bridgehead atoms. The Morgan fingerprint density at radius 3 is 1.59 bits per heavy atom. The summed E-state index contributed by atoms with van der Waals surface area (Å²) in [6, 6.07) is 21.4. The van der Waals surface area contributed by atoms with Gasteiger partial charge < -0.3 is 0 Å². The van der Waals surface area contributed by atoms with Crippen LogP contribution in [0.4, 0.5) is 13.2 Å². The molecule has 0 saturated heterocycles. The van der Waals surface area contributed by atoms with Crippen LogP contribution < -0.4 is 9.13 Å². The first kappa shape index (κ1) is 18.9. The third-order valence-electron chi connectivity index (χ3n) is 4.76. The van der Waals surface area contributed by atoms with Crippen LogP contribution in [-0.2, 0) is 6.18 Å². The molecule has 0 amide bonds. The monoisotopic (exact) mass is 392 g/mol. The molecule has 2 nitrogen and oxygen atoms in total. The summed E-state index contributed by atoms with van der Waals surface area (Å²) < 4.78 is 42.5. The van der Waals surface area contributed by atoms with Gasteiger partial charge in [0.2, 0.25) is 11.4 Å².